The molecular formula is C11H14O3S. The highest BCUT2D eigenvalue weighted by Gasteiger charge is 2.34. The molecule has 0 aromatic heterocycles. The molecule has 0 bridgehead atoms. The summed E-state index contributed by atoms with van der Waals surface area (Å²) in [4.78, 5) is 0.397. The first-order valence-electron chi connectivity index (χ1n) is 4.97. The largest absolute Gasteiger partial charge is 0.389 e. The number of fused-ring (bicyclic) bond motifs is 1. The molecule has 0 radical (unpaired) electrons. The first-order chi connectivity index (χ1) is 6.93. The summed E-state index contributed by atoms with van der Waals surface area (Å²) >= 11 is 0. The van der Waals surface area contributed by atoms with Crippen LogP contribution in [0, 0.1) is 0 Å². The Bertz CT molecular complexity index is 489. The van der Waals surface area contributed by atoms with Gasteiger partial charge in [-0.2, -0.15) is 0 Å². The molecule has 1 aliphatic heterocycles. The van der Waals surface area contributed by atoms with E-state index in [0.29, 0.717) is 4.90 Å². The van der Waals surface area contributed by atoms with Gasteiger partial charge in [-0.25, -0.2) is 8.42 Å². The normalized spacial score (nSPS) is 24.9. The molecule has 0 saturated heterocycles. The molecule has 2 rings (SSSR count). The van der Waals surface area contributed by atoms with Crippen LogP contribution in [-0.4, -0.2) is 19.3 Å². The molecule has 3 nitrogen and oxygen atoms in total. The van der Waals surface area contributed by atoms with Crippen molar-refractivity contribution in [1.29, 1.82) is 0 Å². The second-order valence-electron chi connectivity index (χ2n) is 4.12. The summed E-state index contributed by atoms with van der Waals surface area (Å²) in [5.41, 5.74) is 1.54. The standard InChI is InChI=1S/C11H14O3S/c1-7-6-15(13,14)10-5-3-4-9(8(2)12)11(7)10/h3-5,7-8,12H,6H2,1-2H3. The molecule has 2 atom stereocenters. The van der Waals surface area contributed by atoms with Gasteiger partial charge in [0.1, 0.15) is 0 Å². The predicted molar refractivity (Wildman–Crippen MR) is 57.5 cm³/mol. The molecule has 1 aliphatic rings. The highest BCUT2D eigenvalue weighted by atomic mass is 32.2. The summed E-state index contributed by atoms with van der Waals surface area (Å²) in [6.45, 7) is 3.54. The summed E-state index contributed by atoms with van der Waals surface area (Å²) < 4.78 is 23.5. The average Bonchev–Trinajstić information content (AvgIpc) is 2.37. The van der Waals surface area contributed by atoms with Gasteiger partial charge in [-0.3, -0.25) is 0 Å². The minimum absolute atomic E-state index is 0.0178. The van der Waals surface area contributed by atoms with Gasteiger partial charge in [0, 0.05) is 0 Å². The lowest BCUT2D eigenvalue weighted by Crippen LogP contribution is -2.00. The van der Waals surface area contributed by atoms with Crippen LogP contribution in [0.4, 0.5) is 0 Å². The minimum atomic E-state index is -3.12. The highest BCUT2D eigenvalue weighted by molar-refractivity contribution is 7.91. The summed E-state index contributed by atoms with van der Waals surface area (Å²) in [7, 11) is -3.12. The van der Waals surface area contributed by atoms with E-state index in [-0.39, 0.29) is 11.7 Å². The first-order valence-corrected chi connectivity index (χ1v) is 6.62. The lowest BCUT2D eigenvalue weighted by Gasteiger charge is -2.12. The van der Waals surface area contributed by atoms with E-state index in [9.17, 15) is 13.5 Å². The molecule has 2 unspecified atom stereocenters. The lowest BCUT2D eigenvalue weighted by atomic mass is 9.95. The molecule has 1 N–H and O–H groups in total. The molecule has 0 saturated carbocycles. The Morgan fingerprint density at radius 1 is 1.47 bits per heavy atom. The van der Waals surface area contributed by atoms with Crippen molar-refractivity contribution in [2.45, 2.75) is 30.8 Å². The van der Waals surface area contributed by atoms with Gasteiger partial charge in [0.2, 0.25) is 0 Å². The van der Waals surface area contributed by atoms with Crippen LogP contribution in [0.2, 0.25) is 0 Å². The van der Waals surface area contributed by atoms with Gasteiger partial charge in [-0.15, -0.1) is 0 Å². The van der Waals surface area contributed by atoms with Gasteiger partial charge >= 0.3 is 0 Å². The van der Waals surface area contributed by atoms with Crippen molar-refractivity contribution < 1.29 is 13.5 Å². The lowest BCUT2D eigenvalue weighted by molar-refractivity contribution is 0.197. The maximum Gasteiger partial charge on any atom is 0.179 e. The number of hydrogen-bond acceptors (Lipinski definition) is 3. The summed E-state index contributed by atoms with van der Waals surface area (Å²) in [6, 6.07) is 5.11. The van der Waals surface area contributed by atoms with E-state index in [1.807, 2.05) is 6.92 Å². The van der Waals surface area contributed by atoms with Crippen LogP contribution < -0.4 is 0 Å². The van der Waals surface area contributed by atoms with Crippen LogP contribution in [0.1, 0.15) is 37.0 Å². The van der Waals surface area contributed by atoms with Gasteiger partial charge in [-0.1, -0.05) is 19.1 Å². The van der Waals surface area contributed by atoms with Crippen molar-refractivity contribution in [3.63, 3.8) is 0 Å². The molecular weight excluding hydrogens is 212 g/mol. The van der Waals surface area contributed by atoms with Crippen LogP contribution in [0.25, 0.3) is 0 Å². The maximum absolute atomic E-state index is 11.8. The third-order valence-electron chi connectivity index (χ3n) is 2.85. The molecule has 82 valence electrons. The molecule has 1 heterocycles. The predicted octanol–water partition coefficient (Wildman–Crippen LogP) is 1.63. The zero-order valence-electron chi connectivity index (χ0n) is 8.77. The zero-order valence-corrected chi connectivity index (χ0v) is 9.58. The second kappa shape index (κ2) is 3.32. The van der Waals surface area contributed by atoms with E-state index in [0.717, 1.165) is 11.1 Å². The van der Waals surface area contributed by atoms with Crippen LogP contribution >= 0.6 is 0 Å². The van der Waals surface area contributed by atoms with Crippen molar-refractivity contribution in [3.8, 4) is 0 Å². The molecule has 0 spiro atoms. The van der Waals surface area contributed by atoms with E-state index < -0.39 is 15.9 Å². The zero-order chi connectivity index (χ0) is 11.2. The van der Waals surface area contributed by atoms with Crippen LogP contribution in [-0.2, 0) is 9.84 Å². The van der Waals surface area contributed by atoms with Crippen molar-refractivity contribution in [1.82, 2.24) is 0 Å². The monoisotopic (exact) mass is 226 g/mol. The SMILES string of the molecule is CC(O)c1cccc2c1C(C)CS2(=O)=O. The van der Waals surface area contributed by atoms with Gasteiger partial charge in [0.05, 0.1) is 16.8 Å². The highest BCUT2D eigenvalue weighted by Crippen LogP contribution is 2.38. The van der Waals surface area contributed by atoms with Gasteiger partial charge in [0.15, 0.2) is 9.84 Å². The topological polar surface area (TPSA) is 54.4 Å². The van der Waals surface area contributed by atoms with Gasteiger partial charge < -0.3 is 5.11 Å². The van der Waals surface area contributed by atoms with Crippen LogP contribution in [0.15, 0.2) is 23.1 Å². The Hall–Kier alpha value is -0.870. The van der Waals surface area contributed by atoms with Gasteiger partial charge in [-0.05, 0) is 30.0 Å². The van der Waals surface area contributed by atoms with E-state index in [1.54, 1.807) is 25.1 Å². The smallest absolute Gasteiger partial charge is 0.179 e. The van der Waals surface area contributed by atoms with E-state index in [4.69, 9.17) is 0 Å². The fraction of sp³-hybridized carbons (Fsp3) is 0.455. The van der Waals surface area contributed by atoms with Crippen molar-refractivity contribution in [2.75, 3.05) is 5.75 Å². The Kier molecular flexibility index (Phi) is 2.35. The van der Waals surface area contributed by atoms with Crippen molar-refractivity contribution >= 4 is 9.84 Å². The van der Waals surface area contributed by atoms with Crippen molar-refractivity contribution in [2.24, 2.45) is 0 Å². The van der Waals surface area contributed by atoms with Crippen molar-refractivity contribution in [3.05, 3.63) is 29.3 Å². The fourth-order valence-corrected chi connectivity index (χ4v) is 4.17. The molecule has 1 aromatic carbocycles. The van der Waals surface area contributed by atoms with Gasteiger partial charge in [0.25, 0.3) is 0 Å². The second-order valence-corrected chi connectivity index (χ2v) is 6.12. The van der Waals surface area contributed by atoms with E-state index in [1.165, 1.54) is 0 Å². The molecule has 4 heteroatoms. The fourth-order valence-electron chi connectivity index (χ4n) is 2.23. The molecule has 15 heavy (non-hydrogen) atoms. The summed E-state index contributed by atoms with van der Waals surface area (Å²) in [6.07, 6.45) is -0.615. The van der Waals surface area contributed by atoms with Crippen LogP contribution in [0.5, 0.6) is 0 Å². The number of aliphatic hydroxyl groups excluding tert-OH is 1. The molecule has 0 amide bonds. The molecule has 1 aromatic rings. The Balaban J connectivity index is 2.73. The third-order valence-corrected chi connectivity index (χ3v) is 4.81. The maximum atomic E-state index is 11.8. The van der Waals surface area contributed by atoms with Crippen LogP contribution in [0.3, 0.4) is 0 Å². The summed E-state index contributed by atoms with van der Waals surface area (Å²) in [5.74, 6) is 0.141. The van der Waals surface area contributed by atoms with E-state index in [2.05, 4.69) is 0 Å². The number of hydrogen-bond donors (Lipinski definition) is 1. The third kappa shape index (κ3) is 1.58. The van der Waals surface area contributed by atoms with E-state index >= 15 is 0 Å². The number of aliphatic hydroxyl groups is 1. The minimum Gasteiger partial charge on any atom is -0.389 e. The Morgan fingerprint density at radius 2 is 2.13 bits per heavy atom. The number of rotatable bonds is 1. The summed E-state index contributed by atoms with van der Waals surface area (Å²) in [5, 5.41) is 9.58. The Labute approximate surface area is 89.7 Å². The number of benzene rings is 1. The quantitative estimate of drug-likeness (QED) is 0.792. The number of sulfone groups is 1. The average molecular weight is 226 g/mol. The Morgan fingerprint density at radius 3 is 2.73 bits per heavy atom. The molecule has 0 aliphatic carbocycles. The first kappa shape index (κ1) is 10.6. The molecule has 0 fully saturated rings.